The third-order valence-corrected chi connectivity index (χ3v) is 2.88. The fourth-order valence-electron chi connectivity index (χ4n) is 2.08. The van der Waals surface area contributed by atoms with Gasteiger partial charge in [-0.1, -0.05) is 34.6 Å². The molecule has 1 N–H and O–H groups in total. The van der Waals surface area contributed by atoms with Crippen molar-refractivity contribution in [2.24, 2.45) is 11.8 Å². The summed E-state index contributed by atoms with van der Waals surface area (Å²) >= 11 is 0. The van der Waals surface area contributed by atoms with Crippen molar-refractivity contribution in [3.8, 4) is 0 Å². The van der Waals surface area contributed by atoms with Gasteiger partial charge in [-0.2, -0.15) is 0 Å². The topological polar surface area (TPSA) is 60.9 Å². The molecule has 0 heterocycles. The maximum atomic E-state index is 12.4. The van der Waals surface area contributed by atoms with Crippen LogP contribution in [0.5, 0.6) is 0 Å². The Labute approximate surface area is 116 Å². The molecule has 2 amide bonds. The van der Waals surface area contributed by atoms with Gasteiger partial charge < -0.3 is 14.9 Å². The van der Waals surface area contributed by atoms with Gasteiger partial charge in [-0.15, -0.1) is 0 Å². The Bertz CT molecular complexity index is 293. The second-order valence-electron chi connectivity index (χ2n) is 5.85. The highest BCUT2D eigenvalue weighted by atomic mass is 16.4. The Morgan fingerprint density at radius 3 is 1.74 bits per heavy atom. The van der Waals surface area contributed by atoms with Gasteiger partial charge in [0.05, 0.1) is 0 Å². The molecule has 0 aliphatic rings. The van der Waals surface area contributed by atoms with Crippen molar-refractivity contribution >= 4 is 12.0 Å². The second-order valence-corrected chi connectivity index (χ2v) is 5.85. The second kappa shape index (κ2) is 8.02. The third-order valence-electron chi connectivity index (χ3n) is 2.88. The SMILES string of the molecule is CCC(C(=O)O)N(C)C(=O)N(CC(C)C)CC(C)C. The van der Waals surface area contributed by atoms with Gasteiger partial charge >= 0.3 is 12.0 Å². The summed E-state index contributed by atoms with van der Waals surface area (Å²) in [6.45, 7) is 11.3. The smallest absolute Gasteiger partial charge is 0.326 e. The highest BCUT2D eigenvalue weighted by Gasteiger charge is 2.28. The number of aliphatic carboxylic acids is 1. The van der Waals surface area contributed by atoms with Crippen molar-refractivity contribution < 1.29 is 14.7 Å². The van der Waals surface area contributed by atoms with E-state index in [2.05, 4.69) is 27.7 Å². The van der Waals surface area contributed by atoms with Gasteiger partial charge in [0.15, 0.2) is 0 Å². The van der Waals surface area contributed by atoms with Gasteiger partial charge in [0.2, 0.25) is 0 Å². The number of hydrogen-bond donors (Lipinski definition) is 1. The van der Waals surface area contributed by atoms with E-state index in [0.29, 0.717) is 31.3 Å². The van der Waals surface area contributed by atoms with E-state index < -0.39 is 12.0 Å². The number of amides is 2. The molecule has 0 rings (SSSR count). The van der Waals surface area contributed by atoms with Gasteiger partial charge in [-0.25, -0.2) is 9.59 Å². The summed E-state index contributed by atoms with van der Waals surface area (Å²) in [5, 5.41) is 9.13. The van der Waals surface area contributed by atoms with Crippen molar-refractivity contribution in [3.63, 3.8) is 0 Å². The molecular formula is C14H28N2O3. The van der Waals surface area contributed by atoms with E-state index in [4.69, 9.17) is 5.11 Å². The summed E-state index contributed by atoms with van der Waals surface area (Å²) in [7, 11) is 1.57. The van der Waals surface area contributed by atoms with E-state index in [0.717, 1.165) is 0 Å². The average Bonchev–Trinajstić information content (AvgIpc) is 2.26. The maximum absolute atomic E-state index is 12.4. The molecule has 0 aromatic rings. The minimum absolute atomic E-state index is 0.198. The van der Waals surface area contributed by atoms with Crippen LogP contribution in [0.15, 0.2) is 0 Å². The summed E-state index contributed by atoms with van der Waals surface area (Å²) < 4.78 is 0. The fraction of sp³-hybridized carbons (Fsp3) is 0.857. The standard InChI is InChI=1S/C14H28N2O3/c1-7-12(13(17)18)15(6)14(19)16(8-10(2)3)9-11(4)5/h10-12H,7-9H2,1-6H3,(H,17,18). The lowest BCUT2D eigenvalue weighted by atomic mass is 10.1. The number of nitrogens with zero attached hydrogens (tertiary/aromatic N) is 2. The predicted octanol–water partition coefficient (Wildman–Crippen LogP) is 2.52. The number of carboxylic acid groups (broad SMARTS) is 1. The summed E-state index contributed by atoms with van der Waals surface area (Å²) in [5.41, 5.74) is 0. The number of carbonyl (C=O) groups excluding carboxylic acids is 1. The van der Waals surface area contributed by atoms with E-state index in [9.17, 15) is 9.59 Å². The molecule has 0 spiro atoms. The number of hydrogen-bond acceptors (Lipinski definition) is 2. The zero-order valence-electron chi connectivity index (χ0n) is 13.0. The number of likely N-dealkylation sites (N-methyl/N-ethyl adjacent to an activating group) is 1. The Morgan fingerprint density at radius 2 is 1.47 bits per heavy atom. The summed E-state index contributed by atoms with van der Waals surface area (Å²) in [6, 6.07) is -0.953. The largest absolute Gasteiger partial charge is 0.480 e. The highest BCUT2D eigenvalue weighted by Crippen LogP contribution is 2.11. The van der Waals surface area contributed by atoms with Crippen LogP contribution in [0.4, 0.5) is 4.79 Å². The molecule has 5 nitrogen and oxygen atoms in total. The van der Waals surface area contributed by atoms with Gasteiger partial charge in [-0.05, 0) is 18.3 Å². The first-order chi connectivity index (χ1) is 8.70. The zero-order valence-corrected chi connectivity index (χ0v) is 13.0. The van der Waals surface area contributed by atoms with Crippen LogP contribution in [-0.2, 0) is 4.79 Å². The van der Waals surface area contributed by atoms with E-state index in [1.165, 1.54) is 4.90 Å². The van der Waals surface area contributed by atoms with E-state index in [1.807, 2.05) is 0 Å². The van der Waals surface area contributed by atoms with Crippen molar-refractivity contribution in [1.29, 1.82) is 0 Å². The molecule has 112 valence electrons. The molecule has 5 heteroatoms. The Morgan fingerprint density at radius 1 is 1.05 bits per heavy atom. The summed E-state index contributed by atoms with van der Waals surface area (Å²) in [5.74, 6) is -0.227. The molecule has 0 bridgehead atoms. The van der Waals surface area contributed by atoms with Gasteiger partial charge in [0, 0.05) is 20.1 Å². The van der Waals surface area contributed by atoms with E-state index >= 15 is 0 Å². The molecule has 0 aromatic carbocycles. The number of carboxylic acids is 1. The molecule has 0 aromatic heterocycles. The first-order valence-electron chi connectivity index (χ1n) is 6.95. The molecule has 0 saturated carbocycles. The first kappa shape index (κ1) is 17.7. The Balaban J connectivity index is 4.90. The van der Waals surface area contributed by atoms with Crippen LogP contribution in [0.3, 0.4) is 0 Å². The molecule has 19 heavy (non-hydrogen) atoms. The molecular weight excluding hydrogens is 244 g/mol. The number of urea groups is 1. The van der Waals surface area contributed by atoms with Gasteiger partial charge in [-0.3, -0.25) is 0 Å². The third kappa shape index (κ3) is 5.94. The van der Waals surface area contributed by atoms with Gasteiger partial charge in [0.25, 0.3) is 0 Å². The van der Waals surface area contributed by atoms with Crippen molar-refractivity contribution in [2.75, 3.05) is 20.1 Å². The average molecular weight is 272 g/mol. The van der Waals surface area contributed by atoms with Crippen molar-refractivity contribution in [2.45, 2.75) is 47.1 Å². The van der Waals surface area contributed by atoms with Crippen LogP contribution in [0.1, 0.15) is 41.0 Å². The lowest BCUT2D eigenvalue weighted by molar-refractivity contribution is -0.142. The molecule has 0 aliphatic carbocycles. The van der Waals surface area contributed by atoms with Crippen molar-refractivity contribution in [1.82, 2.24) is 9.80 Å². The molecule has 0 radical (unpaired) electrons. The van der Waals surface area contributed by atoms with Crippen LogP contribution in [0.2, 0.25) is 0 Å². The predicted molar refractivity (Wildman–Crippen MR) is 76.1 cm³/mol. The van der Waals surface area contributed by atoms with Crippen LogP contribution in [0, 0.1) is 11.8 Å². The number of carbonyl (C=O) groups is 2. The first-order valence-corrected chi connectivity index (χ1v) is 6.95. The lowest BCUT2D eigenvalue weighted by Gasteiger charge is -2.33. The summed E-state index contributed by atoms with van der Waals surface area (Å²) in [4.78, 5) is 26.6. The zero-order chi connectivity index (χ0) is 15.2. The van der Waals surface area contributed by atoms with E-state index in [1.54, 1.807) is 18.9 Å². The molecule has 0 saturated heterocycles. The Kier molecular flexibility index (Phi) is 7.49. The monoisotopic (exact) mass is 272 g/mol. The number of rotatable bonds is 7. The maximum Gasteiger partial charge on any atom is 0.326 e. The van der Waals surface area contributed by atoms with E-state index in [-0.39, 0.29) is 6.03 Å². The van der Waals surface area contributed by atoms with Gasteiger partial charge in [0.1, 0.15) is 6.04 Å². The fourth-order valence-corrected chi connectivity index (χ4v) is 2.08. The minimum atomic E-state index is -0.951. The van der Waals surface area contributed by atoms with Crippen molar-refractivity contribution in [3.05, 3.63) is 0 Å². The quantitative estimate of drug-likeness (QED) is 0.774. The molecule has 0 fully saturated rings. The molecule has 1 atom stereocenters. The normalized spacial score (nSPS) is 12.6. The van der Waals surface area contributed by atoms with Crippen LogP contribution in [-0.4, -0.2) is 53.1 Å². The molecule has 0 aliphatic heterocycles. The highest BCUT2D eigenvalue weighted by molar-refractivity contribution is 5.82. The van der Waals surface area contributed by atoms with Crippen LogP contribution in [0.25, 0.3) is 0 Å². The lowest BCUT2D eigenvalue weighted by Crippen LogP contribution is -2.50. The summed E-state index contributed by atoms with van der Waals surface area (Å²) in [6.07, 6.45) is 0.411. The van der Waals surface area contributed by atoms with Crippen LogP contribution < -0.4 is 0 Å². The molecule has 1 unspecified atom stereocenters. The Hall–Kier alpha value is -1.26. The minimum Gasteiger partial charge on any atom is -0.480 e. The van der Waals surface area contributed by atoms with Crippen LogP contribution >= 0.6 is 0 Å².